The summed E-state index contributed by atoms with van der Waals surface area (Å²) in [6.45, 7) is 6.03. The van der Waals surface area contributed by atoms with Crippen molar-refractivity contribution in [3.63, 3.8) is 0 Å². The molecule has 1 atom stereocenters. The van der Waals surface area contributed by atoms with Crippen molar-refractivity contribution < 1.29 is 14.3 Å². The summed E-state index contributed by atoms with van der Waals surface area (Å²) in [7, 11) is 0. The van der Waals surface area contributed by atoms with E-state index < -0.39 is 0 Å². The average molecular weight is 272 g/mol. The Hall–Kier alpha value is -1.90. The Kier molecular flexibility index (Phi) is 4.38. The molecule has 0 aromatic heterocycles. The molecule has 0 radical (unpaired) electrons. The number of rotatable bonds is 5. The van der Waals surface area contributed by atoms with Gasteiger partial charge in [0.15, 0.2) is 11.6 Å². The first-order chi connectivity index (χ1) is 9.54. The maximum atomic E-state index is 11.8. The lowest BCUT2D eigenvalue weighted by molar-refractivity contribution is -0.115. The fourth-order valence-electron chi connectivity index (χ4n) is 2.66. The van der Waals surface area contributed by atoms with Gasteiger partial charge in [-0.1, -0.05) is 19.1 Å². The van der Waals surface area contributed by atoms with E-state index >= 15 is 0 Å². The van der Waals surface area contributed by atoms with Gasteiger partial charge in [0.1, 0.15) is 5.75 Å². The molecule has 0 saturated heterocycles. The number of benzene rings is 1. The molecule has 3 nitrogen and oxygen atoms in total. The average Bonchev–Trinajstić information content (AvgIpc) is 2.73. The van der Waals surface area contributed by atoms with E-state index in [1.807, 2.05) is 24.3 Å². The molecule has 0 saturated carbocycles. The second-order valence-electron chi connectivity index (χ2n) is 5.19. The summed E-state index contributed by atoms with van der Waals surface area (Å²) in [5.74, 6) is 0.793. The minimum atomic E-state index is -0.0970. The molecule has 0 N–H and O–H groups in total. The first kappa shape index (κ1) is 14.5. The van der Waals surface area contributed by atoms with Crippen LogP contribution in [0.3, 0.4) is 0 Å². The second-order valence-corrected chi connectivity index (χ2v) is 5.19. The van der Waals surface area contributed by atoms with Gasteiger partial charge in [0.2, 0.25) is 0 Å². The quantitative estimate of drug-likeness (QED) is 0.824. The van der Waals surface area contributed by atoms with Crippen molar-refractivity contribution >= 4 is 11.6 Å². The standard InChI is InChI=1S/C17H20O3/c1-4-9-20-14-7-5-13(6-8-14)15-10-16(19)11(2)17(15)12(3)18/h5-8,15H,4,9-10H2,1-3H3. The van der Waals surface area contributed by atoms with Crippen molar-refractivity contribution in [2.45, 2.75) is 39.5 Å². The maximum Gasteiger partial charge on any atom is 0.159 e. The molecule has 0 amide bonds. The van der Waals surface area contributed by atoms with Crippen molar-refractivity contribution in [2.75, 3.05) is 6.61 Å². The SMILES string of the molecule is CCCOc1ccc(C2CC(=O)C(C)=C2C(C)=O)cc1. The molecule has 0 bridgehead atoms. The number of hydrogen-bond acceptors (Lipinski definition) is 3. The summed E-state index contributed by atoms with van der Waals surface area (Å²) in [6, 6.07) is 7.71. The Morgan fingerprint density at radius 1 is 1.30 bits per heavy atom. The highest BCUT2D eigenvalue weighted by atomic mass is 16.5. The number of hydrogen-bond donors (Lipinski definition) is 0. The van der Waals surface area contributed by atoms with E-state index in [-0.39, 0.29) is 17.5 Å². The minimum absolute atomic E-state index is 0.00957. The van der Waals surface area contributed by atoms with Gasteiger partial charge in [0.25, 0.3) is 0 Å². The van der Waals surface area contributed by atoms with Gasteiger partial charge in [-0.15, -0.1) is 0 Å². The van der Waals surface area contributed by atoms with E-state index in [9.17, 15) is 9.59 Å². The lowest BCUT2D eigenvalue weighted by Crippen LogP contribution is -2.06. The predicted molar refractivity (Wildman–Crippen MR) is 78.0 cm³/mol. The monoisotopic (exact) mass is 272 g/mol. The predicted octanol–water partition coefficient (Wildman–Crippen LogP) is 3.44. The molecular weight excluding hydrogens is 252 g/mol. The van der Waals surface area contributed by atoms with Crippen molar-refractivity contribution in [2.24, 2.45) is 0 Å². The fraction of sp³-hybridized carbons (Fsp3) is 0.412. The Morgan fingerprint density at radius 3 is 2.50 bits per heavy atom. The number of allylic oxidation sites excluding steroid dienone is 2. The van der Waals surface area contributed by atoms with Gasteiger partial charge < -0.3 is 4.74 Å². The molecule has 20 heavy (non-hydrogen) atoms. The van der Waals surface area contributed by atoms with Crippen LogP contribution < -0.4 is 4.74 Å². The largest absolute Gasteiger partial charge is 0.494 e. The first-order valence-corrected chi connectivity index (χ1v) is 7.02. The highest BCUT2D eigenvalue weighted by molar-refractivity contribution is 6.10. The summed E-state index contributed by atoms with van der Waals surface area (Å²) >= 11 is 0. The van der Waals surface area contributed by atoms with Crippen LogP contribution in [0.2, 0.25) is 0 Å². The summed E-state index contributed by atoms with van der Waals surface area (Å²) in [5, 5.41) is 0. The smallest absolute Gasteiger partial charge is 0.159 e. The van der Waals surface area contributed by atoms with Crippen molar-refractivity contribution in [3.05, 3.63) is 41.0 Å². The third kappa shape index (κ3) is 2.82. The fourth-order valence-corrected chi connectivity index (χ4v) is 2.66. The Labute approximate surface area is 119 Å². The molecule has 1 unspecified atom stereocenters. The molecule has 1 aromatic rings. The molecule has 0 heterocycles. The number of ketones is 2. The molecule has 0 aliphatic heterocycles. The van der Waals surface area contributed by atoms with Gasteiger partial charge in [-0.3, -0.25) is 9.59 Å². The van der Waals surface area contributed by atoms with Crippen LogP contribution in [0.5, 0.6) is 5.75 Å². The van der Waals surface area contributed by atoms with E-state index in [1.54, 1.807) is 6.92 Å². The lowest BCUT2D eigenvalue weighted by Gasteiger charge is -2.13. The zero-order chi connectivity index (χ0) is 14.7. The number of ether oxygens (including phenoxy) is 1. The van der Waals surface area contributed by atoms with Gasteiger partial charge in [0, 0.05) is 17.9 Å². The van der Waals surface area contributed by atoms with Gasteiger partial charge in [0.05, 0.1) is 6.61 Å². The third-order valence-electron chi connectivity index (χ3n) is 3.69. The third-order valence-corrected chi connectivity index (χ3v) is 3.69. The second kappa shape index (κ2) is 6.04. The minimum Gasteiger partial charge on any atom is -0.494 e. The normalized spacial score (nSPS) is 18.6. The van der Waals surface area contributed by atoms with E-state index in [1.165, 1.54) is 6.92 Å². The summed E-state index contributed by atoms with van der Waals surface area (Å²) < 4.78 is 5.54. The lowest BCUT2D eigenvalue weighted by atomic mass is 9.90. The molecule has 1 aliphatic rings. The van der Waals surface area contributed by atoms with E-state index in [2.05, 4.69) is 6.92 Å². The molecular formula is C17H20O3. The van der Waals surface area contributed by atoms with Crippen molar-refractivity contribution in [1.82, 2.24) is 0 Å². The number of Topliss-reactive ketones (excluding diaryl/α,β-unsaturated/α-hetero) is 2. The van der Waals surface area contributed by atoms with Crippen LogP contribution in [-0.2, 0) is 9.59 Å². The Balaban J connectivity index is 2.24. The summed E-state index contributed by atoms with van der Waals surface area (Å²) in [4.78, 5) is 23.6. The van der Waals surface area contributed by atoms with Crippen LogP contribution in [0.4, 0.5) is 0 Å². The molecule has 0 fully saturated rings. The summed E-state index contributed by atoms with van der Waals surface area (Å²) in [6.07, 6.45) is 1.37. The molecule has 0 spiro atoms. The van der Waals surface area contributed by atoms with Crippen molar-refractivity contribution in [3.8, 4) is 5.75 Å². The Bertz CT molecular complexity index is 552. The highest BCUT2D eigenvalue weighted by Crippen LogP contribution is 2.38. The zero-order valence-corrected chi connectivity index (χ0v) is 12.2. The maximum absolute atomic E-state index is 11.8. The van der Waals surface area contributed by atoms with E-state index in [4.69, 9.17) is 4.74 Å². The summed E-state index contributed by atoms with van der Waals surface area (Å²) in [5.41, 5.74) is 2.29. The van der Waals surface area contributed by atoms with E-state index in [0.29, 0.717) is 24.2 Å². The zero-order valence-electron chi connectivity index (χ0n) is 12.2. The van der Waals surface area contributed by atoms with Crippen LogP contribution >= 0.6 is 0 Å². The van der Waals surface area contributed by atoms with Crippen LogP contribution in [0, 0.1) is 0 Å². The van der Waals surface area contributed by atoms with Crippen LogP contribution in [0.15, 0.2) is 35.4 Å². The van der Waals surface area contributed by atoms with Crippen LogP contribution in [-0.4, -0.2) is 18.2 Å². The van der Waals surface area contributed by atoms with Gasteiger partial charge in [-0.2, -0.15) is 0 Å². The topological polar surface area (TPSA) is 43.4 Å². The van der Waals surface area contributed by atoms with Gasteiger partial charge >= 0.3 is 0 Å². The molecule has 106 valence electrons. The molecule has 1 aliphatic carbocycles. The van der Waals surface area contributed by atoms with Gasteiger partial charge in [-0.25, -0.2) is 0 Å². The first-order valence-electron chi connectivity index (χ1n) is 7.02. The number of carbonyl (C=O) groups is 2. The molecule has 1 aromatic carbocycles. The van der Waals surface area contributed by atoms with Crippen LogP contribution in [0.25, 0.3) is 0 Å². The Morgan fingerprint density at radius 2 is 1.95 bits per heavy atom. The molecule has 3 heteroatoms. The van der Waals surface area contributed by atoms with Crippen molar-refractivity contribution in [1.29, 1.82) is 0 Å². The molecule has 2 rings (SSSR count). The highest BCUT2D eigenvalue weighted by Gasteiger charge is 2.33. The van der Waals surface area contributed by atoms with Gasteiger partial charge in [-0.05, 0) is 43.5 Å². The number of carbonyl (C=O) groups excluding carboxylic acids is 2. The van der Waals surface area contributed by atoms with Crippen LogP contribution in [0.1, 0.15) is 45.1 Å². The van der Waals surface area contributed by atoms with E-state index in [0.717, 1.165) is 17.7 Å².